The average molecular weight is 513 g/mol. The van der Waals surface area contributed by atoms with E-state index in [2.05, 4.69) is 111 Å². The molecule has 6 atom stereocenters. The minimum absolute atomic E-state index is 0.0538. The molecule has 1 unspecified atom stereocenters. The maximum atomic E-state index is 11.3. The molecule has 3 rings (SSSR count). The maximum absolute atomic E-state index is 11.3. The Kier molecular flexibility index (Phi) is 8.75. The van der Waals surface area contributed by atoms with Crippen LogP contribution in [0.25, 0.3) is 0 Å². The highest BCUT2D eigenvalue weighted by atomic mass is 28.4. The maximum Gasteiger partial charge on any atom is 0.250 e. The number of fused-ring (bicyclic) bond motifs is 1. The molecule has 1 N–H and O–H groups in total. The van der Waals surface area contributed by atoms with Gasteiger partial charge in [0.05, 0.1) is 24.1 Å². The first-order valence-corrected chi connectivity index (χ1v) is 16.9. The fraction of sp³-hybridized carbons (Fsp3) is 0.688. The van der Waals surface area contributed by atoms with E-state index in [4.69, 9.17) is 9.16 Å². The molecule has 0 aromatic heterocycles. The number of hydrogen-bond donors (Lipinski definition) is 1. The molecule has 0 radical (unpaired) electrons. The average Bonchev–Trinajstić information content (AvgIpc) is 3.06. The zero-order chi connectivity index (χ0) is 26.9. The van der Waals surface area contributed by atoms with Gasteiger partial charge >= 0.3 is 0 Å². The highest BCUT2D eigenvalue weighted by Gasteiger charge is 2.56. The van der Waals surface area contributed by atoms with E-state index in [1.165, 1.54) is 5.56 Å². The van der Waals surface area contributed by atoms with Gasteiger partial charge in [-0.25, -0.2) is 0 Å². The van der Waals surface area contributed by atoms with Crippen LogP contribution in [0.15, 0.2) is 54.3 Å². The predicted molar refractivity (Wildman–Crippen MR) is 154 cm³/mol. The number of benzene rings is 1. The van der Waals surface area contributed by atoms with E-state index >= 15 is 0 Å². The summed E-state index contributed by atoms with van der Waals surface area (Å²) in [7, 11) is -1.92. The van der Waals surface area contributed by atoms with Crippen molar-refractivity contribution in [2.75, 3.05) is 0 Å². The normalized spacial score (nSPS) is 29.1. The molecule has 0 bridgehead atoms. The van der Waals surface area contributed by atoms with Crippen LogP contribution in [0.1, 0.15) is 80.2 Å². The fourth-order valence-corrected chi connectivity index (χ4v) is 7.08. The van der Waals surface area contributed by atoms with Gasteiger partial charge in [-0.1, -0.05) is 84.0 Å². The number of allylic oxidation sites excluding steroid dienone is 3. The van der Waals surface area contributed by atoms with Gasteiger partial charge in [-0.15, -0.1) is 0 Å². The number of aliphatic hydroxyl groups excluding tert-OH is 1. The van der Waals surface area contributed by atoms with Crippen LogP contribution in [0.2, 0.25) is 18.1 Å². The van der Waals surface area contributed by atoms with Gasteiger partial charge in [0.2, 0.25) is 8.32 Å². The molecule has 0 aliphatic heterocycles. The summed E-state index contributed by atoms with van der Waals surface area (Å²) in [4.78, 5) is 0. The molecular formula is C32H52O3Si. The predicted octanol–water partition coefficient (Wildman–Crippen LogP) is 8.51. The summed E-state index contributed by atoms with van der Waals surface area (Å²) in [6, 6.07) is 10.4. The smallest absolute Gasteiger partial charge is 0.250 e. The van der Waals surface area contributed by atoms with E-state index in [-0.39, 0.29) is 39.9 Å². The third-order valence-corrected chi connectivity index (χ3v) is 14.2. The highest BCUT2D eigenvalue weighted by molar-refractivity contribution is 6.74. The van der Waals surface area contributed by atoms with Gasteiger partial charge in [-0.2, -0.15) is 0 Å². The zero-order valence-corrected chi connectivity index (χ0v) is 25.6. The van der Waals surface area contributed by atoms with Gasteiger partial charge in [0.1, 0.15) is 0 Å². The lowest BCUT2D eigenvalue weighted by Crippen LogP contribution is -2.44. The third-order valence-electron chi connectivity index (χ3n) is 9.82. The Balaban J connectivity index is 1.70. The van der Waals surface area contributed by atoms with Gasteiger partial charge in [0, 0.05) is 11.8 Å². The highest BCUT2D eigenvalue weighted by Crippen LogP contribution is 2.59. The van der Waals surface area contributed by atoms with Crippen LogP contribution >= 0.6 is 0 Å². The summed E-state index contributed by atoms with van der Waals surface area (Å²) in [5.41, 5.74) is 0.979. The molecule has 0 amide bonds. The molecule has 1 aromatic carbocycles. The second-order valence-corrected chi connectivity index (χ2v) is 18.5. The van der Waals surface area contributed by atoms with E-state index in [1.807, 2.05) is 6.07 Å². The van der Waals surface area contributed by atoms with Crippen LogP contribution in [0, 0.1) is 29.1 Å². The molecule has 4 heteroatoms. The molecule has 2 aliphatic carbocycles. The van der Waals surface area contributed by atoms with Crippen molar-refractivity contribution in [1.29, 1.82) is 0 Å². The molecule has 2 aliphatic rings. The van der Waals surface area contributed by atoms with Crippen LogP contribution < -0.4 is 0 Å². The van der Waals surface area contributed by atoms with Crippen molar-refractivity contribution in [1.82, 2.24) is 0 Å². The van der Waals surface area contributed by atoms with Gasteiger partial charge in [0.25, 0.3) is 0 Å². The number of rotatable bonds is 9. The van der Waals surface area contributed by atoms with Crippen molar-refractivity contribution in [3.8, 4) is 0 Å². The zero-order valence-electron chi connectivity index (χ0n) is 24.6. The molecule has 0 spiro atoms. The van der Waals surface area contributed by atoms with Gasteiger partial charge in [0.15, 0.2) is 0 Å². The van der Waals surface area contributed by atoms with Crippen molar-refractivity contribution in [2.24, 2.45) is 29.1 Å². The molecule has 202 valence electrons. The molecule has 0 heterocycles. The Labute approximate surface area is 222 Å². The van der Waals surface area contributed by atoms with Gasteiger partial charge < -0.3 is 14.3 Å². The van der Waals surface area contributed by atoms with Gasteiger partial charge in [-0.05, 0) is 80.1 Å². The van der Waals surface area contributed by atoms with Crippen LogP contribution in [-0.4, -0.2) is 25.1 Å². The van der Waals surface area contributed by atoms with Crippen molar-refractivity contribution >= 4 is 8.32 Å². The summed E-state index contributed by atoms with van der Waals surface area (Å²) in [5, 5.41) is 11.5. The molecule has 36 heavy (non-hydrogen) atoms. The molecule has 3 nitrogen and oxygen atoms in total. The molecule has 1 aromatic rings. The summed E-state index contributed by atoms with van der Waals surface area (Å²) < 4.78 is 13.2. The van der Waals surface area contributed by atoms with Crippen molar-refractivity contribution in [3.63, 3.8) is 0 Å². The van der Waals surface area contributed by atoms with E-state index < -0.39 is 8.32 Å². The first-order chi connectivity index (χ1) is 16.6. The Hall–Kier alpha value is -1.36. The quantitative estimate of drug-likeness (QED) is 0.266. The Morgan fingerprint density at radius 3 is 2.33 bits per heavy atom. The Morgan fingerprint density at radius 2 is 1.72 bits per heavy atom. The summed E-state index contributed by atoms with van der Waals surface area (Å²) >= 11 is 0. The van der Waals surface area contributed by atoms with E-state index in [0.717, 1.165) is 25.0 Å². The SMILES string of the molecule is C[C@H](/C=C/[C@H](C)C(C)(C)OCc1ccccc1)[C@H]1C(O)C[C@@H]2C(O[Si](C)(C)C(C)(C)C)=CCC[C@@]21C. The second-order valence-electron chi connectivity index (χ2n) is 13.8. The lowest BCUT2D eigenvalue weighted by molar-refractivity contribution is -0.0537. The van der Waals surface area contributed by atoms with Crippen molar-refractivity contribution in [2.45, 2.75) is 111 Å². The summed E-state index contributed by atoms with van der Waals surface area (Å²) in [5.74, 6) is 2.24. The number of aliphatic hydroxyl groups is 1. The topological polar surface area (TPSA) is 38.7 Å². The first kappa shape index (κ1) is 29.2. The standard InChI is InChI=1S/C32H52O3Si/c1-23(18-19-24(2)31(6,7)34-22-25-15-12-11-13-16-25)29-27(33)21-26-28(17-14-20-32(26,29)8)35-36(9,10)30(3,4)5/h11-13,15-19,23-24,26-27,29,33H,14,20-22H2,1-10H3/b19-18+/t23-,24+,26-,27?,29+,32+/m1/s1. The van der Waals surface area contributed by atoms with Crippen LogP contribution in [0.5, 0.6) is 0 Å². The molecule has 1 fully saturated rings. The Morgan fingerprint density at radius 1 is 1.08 bits per heavy atom. The fourth-order valence-electron chi connectivity index (χ4n) is 5.96. The van der Waals surface area contributed by atoms with Crippen molar-refractivity contribution in [3.05, 3.63) is 59.9 Å². The largest absolute Gasteiger partial charge is 0.547 e. The number of ether oxygens (including phenoxy) is 1. The second kappa shape index (κ2) is 10.8. The first-order valence-electron chi connectivity index (χ1n) is 14.0. The molecule has 0 saturated heterocycles. The van der Waals surface area contributed by atoms with E-state index in [0.29, 0.717) is 12.5 Å². The van der Waals surface area contributed by atoms with Gasteiger partial charge in [-0.3, -0.25) is 0 Å². The third kappa shape index (κ3) is 6.19. The van der Waals surface area contributed by atoms with Crippen LogP contribution in [-0.2, 0) is 15.8 Å². The van der Waals surface area contributed by atoms with E-state index in [1.54, 1.807) is 0 Å². The number of hydrogen-bond acceptors (Lipinski definition) is 3. The minimum atomic E-state index is -1.92. The lowest BCUT2D eigenvalue weighted by atomic mass is 9.64. The lowest BCUT2D eigenvalue weighted by Gasteiger charge is -2.46. The van der Waals surface area contributed by atoms with Crippen molar-refractivity contribution < 1.29 is 14.3 Å². The monoisotopic (exact) mass is 512 g/mol. The molecular weight excluding hydrogens is 460 g/mol. The molecule has 1 saturated carbocycles. The minimum Gasteiger partial charge on any atom is -0.547 e. The van der Waals surface area contributed by atoms with Crippen LogP contribution in [0.3, 0.4) is 0 Å². The Bertz CT molecular complexity index is 926. The summed E-state index contributed by atoms with van der Waals surface area (Å²) in [6.45, 7) is 23.4. The summed E-state index contributed by atoms with van der Waals surface area (Å²) in [6.07, 6.45) is 9.63. The van der Waals surface area contributed by atoms with E-state index in [9.17, 15) is 5.11 Å². The van der Waals surface area contributed by atoms with Crippen LogP contribution in [0.4, 0.5) is 0 Å².